The second-order valence-corrected chi connectivity index (χ2v) is 6.84. The van der Waals surface area contributed by atoms with Crippen molar-refractivity contribution in [3.8, 4) is 0 Å². The number of rotatable bonds is 2. The second kappa shape index (κ2) is 4.88. The molecule has 4 nitrogen and oxygen atoms in total. The zero-order chi connectivity index (χ0) is 14.3. The summed E-state index contributed by atoms with van der Waals surface area (Å²) in [6.07, 6.45) is 0. The van der Waals surface area contributed by atoms with Crippen LogP contribution in [0.4, 0.5) is 10.8 Å². The largest absolute Gasteiger partial charge is 0.399 e. The first-order valence-corrected chi connectivity index (χ1v) is 7.70. The summed E-state index contributed by atoms with van der Waals surface area (Å²) in [7, 11) is 0. The van der Waals surface area contributed by atoms with Gasteiger partial charge in [-0.3, -0.25) is 10.1 Å². The average molecular weight is 303 g/mol. The first-order valence-electron chi connectivity index (χ1n) is 6.07. The molecule has 20 heavy (non-hydrogen) atoms. The van der Waals surface area contributed by atoms with Crippen LogP contribution < -0.4 is 11.1 Å². The van der Waals surface area contributed by atoms with Crippen LogP contribution in [0.2, 0.25) is 0 Å². The average Bonchev–Trinajstić information content (AvgIpc) is 2.93. The minimum atomic E-state index is -0.113. The number of anilines is 2. The maximum atomic E-state index is 12.2. The topological polar surface area (TPSA) is 68.0 Å². The number of fused-ring (bicyclic) bond motifs is 1. The van der Waals surface area contributed by atoms with Gasteiger partial charge in [0.2, 0.25) is 0 Å². The summed E-state index contributed by atoms with van der Waals surface area (Å²) in [5.74, 6) is -0.113. The SMILES string of the molecule is Cc1cc(C(=O)Nc2nc3ccc(N)cc3s2)sc1C. The second-order valence-electron chi connectivity index (χ2n) is 4.55. The van der Waals surface area contributed by atoms with Crippen molar-refractivity contribution in [2.75, 3.05) is 11.1 Å². The Labute approximate surface area is 124 Å². The van der Waals surface area contributed by atoms with Crippen molar-refractivity contribution in [2.24, 2.45) is 0 Å². The first-order chi connectivity index (χ1) is 9.52. The van der Waals surface area contributed by atoms with E-state index in [1.165, 1.54) is 22.7 Å². The number of hydrogen-bond acceptors (Lipinski definition) is 5. The third kappa shape index (κ3) is 2.39. The zero-order valence-electron chi connectivity index (χ0n) is 11.1. The van der Waals surface area contributed by atoms with Crippen molar-refractivity contribution < 1.29 is 4.79 Å². The van der Waals surface area contributed by atoms with Crippen molar-refractivity contribution in [3.63, 3.8) is 0 Å². The fourth-order valence-electron chi connectivity index (χ4n) is 1.84. The molecule has 1 aromatic carbocycles. The van der Waals surface area contributed by atoms with Gasteiger partial charge in [0.25, 0.3) is 5.91 Å². The Kier molecular flexibility index (Phi) is 3.19. The third-order valence-electron chi connectivity index (χ3n) is 3.02. The Balaban J connectivity index is 1.87. The Morgan fingerprint density at radius 2 is 2.05 bits per heavy atom. The Morgan fingerprint density at radius 3 is 2.75 bits per heavy atom. The molecule has 0 aliphatic rings. The molecule has 2 heterocycles. The molecule has 0 spiro atoms. The zero-order valence-corrected chi connectivity index (χ0v) is 12.7. The molecule has 2 aromatic heterocycles. The lowest BCUT2D eigenvalue weighted by Gasteiger charge is -1.97. The van der Waals surface area contributed by atoms with Crippen molar-refractivity contribution in [1.29, 1.82) is 0 Å². The number of benzene rings is 1. The predicted octanol–water partition coefficient (Wildman–Crippen LogP) is 3.81. The molecule has 0 aliphatic carbocycles. The quantitative estimate of drug-likeness (QED) is 0.707. The number of nitrogens with one attached hydrogen (secondary N) is 1. The number of amides is 1. The van der Waals surface area contributed by atoms with E-state index in [1.54, 1.807) is 6.07 Å². The van der Waals surface area contributed by atoms with Gasteiger partial charge < -0.3 is 5.73 Å². The lowest BCUT2D eigenvalue weighted by Crippen LogP contribution is -2.09. The molecule has 0 unspecified atom stereocenters. The monoisotopic (exact) mass is 303 g/mol. The highest BCUT2D eigenvalue weighted by atomic mass is 32.1. The van der Waals surface area contributed by atoms with E-state index in [1.807, 2.05) is 32.0 Å². The Hall–Kier alpha value is -1.92. The number of thiazole rings is 1. The molecule has 0 bridgehead atoms. The standard InChI is InChI=1S/C14H13N3OS2/c1-7-5-12(19-8(7)2)13(18)17-14-16-10-4-3-9(15)6-11(10)20-14/h3-6H,15H2,1-2H3,(H,16,17,18). The van der Waals surface area contributed by atoms with Crippen molar-refractivity contribution in [3.05, 3.63) is 39.6 Å². The molecule has 102 valence electrons. The van der Waals surface area contributed by atoms with Crippen LogP contribution in [-0.4, -0.2) is 10.9 Å². The van der Waals surface area contributed by atoms with Gasteiger partial charge in [0.15, 0.2) is 5.13 Å². The van der Waals surface area contributed by atoms with E-state index >= 15 is 0 Å². The van der Waals surface area contributed by atoms with E-state index in [2.05, 4.69) is 10.3 Å². The number of nitrogen functional groups attached to an aromatic ring is 1. The summed E-state index contributed by atoms with van der Waals surface area (Å²) in [6.45, 7) is 4.01. The van der Waals surface area contributed by atoms with Gasteiger partial charge in [-0.25, -0.2) is 4.98 Å². The van der Waals surface area contributed by atoms with Crippen LogP contribution in [0.3, 0.4) is 0 Å². The Bertz CT molecular complexity index is 784. The van der Waals surface area contributed by atoms with Gasteiger partial charge in [-0.1, -0.05) is 11.3 Å². The van der Waals surface area contributed by atoms with Crippen molar-refractivity contribution in [1.82, 2.24) is 4.98 Å². The normalized spacial score (nSPS) is 10.9. The maximum Gasteiger partial charge on any atom is 0.267 e. The number of carbonyl (C=O) groups excluding carboxylic acids is 1. The number of carbonyl (C=O) groups is 1. The molecular formula is C14H13N3OS2. The minimum Gasteiger partial charge on any atom is -0.399 e. The van der Waals surface area contributed by atoms with Crippen molar-refractivity contribution >= 4 is 49.6 Å². The number of aromatic nitrogens is 1. The van der Waals surface area contributed by atoms with Crippen LogP contribution >= 0.6 is 22.7 Å². The van der Waals surface area contributed by atoms with E-state index < -0.39 is 0 Å². The Morgan fingerprint density at radius 1 is 1.25 bits per heavy atom. The summed E-state index contributed by atoms with van der Waals surface area (Å²) in [5, 5.41) is 3.44. The lowest BCUT2D eigenvalue weighted by atomic mass is 10.3. The first kappa shape index (κ1) is 13.1. The highest BCUT2D eigenvalue weighted by Gasteiger charge is 2.13. The number of aryl methyl sites for hydroxylation is 2. The summed E-state index contributed by atoms with van der Waals surface area (Å²) < 4.78 is 0.971. The molecule has 3 N–H and O–H groups in total. The molecule has 0 saturated carbocycles. The highest BCUT2D eigenvalue weighted by molar-refractivity contribution is 7.22. The molecule has 1 amide bonds. The molecule has 0 saturated heterocycles. The fraction of sp³-hybridized carbons (Fsp3) is 0.143. The van der Waals surface area contributed by atoms with Gasteiger partial charge in [-0.2, -0.15) is 0 Å². The lowest BCUT2D eigenvalue weighted by molar-refractivity contribution is 0.103. The fourth-order valence-corrected chi connectivity index (χ4v) is 3.68. The molecule has 0 atom stereocenters. The van der Waals surface area contributed by atoms with Crippen molar-refractivity contribution in [2.45, 2.75) is 13.8 Å². The minimum absolute atomic E-state index is 0.113. The van der Waals surface area contributed by atoms with E-state index in [9.17, 15) is 4.79 Å². The molecule has 3 aromatic rings. The van der Waals surface area contributed by atoms with Crippen LogP contribution in [0.5, 0.6) is 0 Å². The number of nitrogens with two attached hydrogens (primary N) is 1. The van der Waals surface area contributed by atoms with Crippen LogP contribution in [0.1, 0.15) is 20.1 Å². The maximum absolute atomic E-state index is 12.2. The molecule has 0 aliphatic heterocycles. The van der Waals surface area contributed by atoms with Gasteiger partial charge in [-0.05, 0) is 43.7 Å². The van der Waals surface area contributed by atoms with Crippen LogP contribution in [-0.2, 0) is 0 Å². The summed E-state index contributed by atoms with van der Waals surface area (Å²) in [4.78, 5) is 18.4. The van der Waals surface area contributed by atoms with E-state index in [0.717, 1.165) is 20.7 Å². The van der Waals surface area contributed by atoms with Gasteiger partial charge >= 0.3 is 0 Å². The number of hydrogen-bond donors (Lipinski definition) is 2. The molecular weight excluding hydrogens is 290 g/mol. The molecule has 0 fully saturated rings. The highest BCUT2D eigenvalue weighted by Crippen LogP contribution is 2.28. The summed E-state index contributed by atoms with van der Waals surface area (Å²) >= 11 is 2.92. The third-order valence-corrected chi connectivity index (χ3v) is 5.11. The van der Waals surface area contributed by atoms with Crippen LogP contribution in [0.25, 0.3) is 10.2 Å². The van der Waals surface area contributed by atoms with Gasteiger partial charge in [0.05, 0.1) is 15.1 Å². The van der Waals surface area contributed by atoms with E-state index in [-0.39, 0.29) is 5.91 Å². The number of nitrogens with zero attached hydrogens (tertiary/aromatic N) is 1. The van der Waals surface area contributed by atoms with Crippen LogP contribution in [0, 0.1) is 13.8 Å². The van der Waals surface area contributed by atoms with E-state index in [0.29, 0.717) is 15.7 Å². The molecule has 6 heteroatoms. The van der Waals surface area contributed by atoms with Gasteiger partial charge in [0.1, 0.15) is 0 Å². The number of thiophene rings is 1. The summed E-state index contributed by atoms with van der Waals surface area (Å²) in [6, 6.07) is 7.43. The molecule has 0 radical (unpaired) electrons. The summed E-state index contributed by atoms with van der Waals surface area (Å²) in [5.41, 5.74) is 8.42. The predicted molar refractivity (Wildman–Crippen MR) is 85.8 cm³/mol. The molecule has 3 rings (SSSR count). The van der Waals surface area contributed by atoms with E-state index in [4.69, 9.17) is 5.73 Å². The smallest absolute Gasteiger partial charge is 0.267 e. The van der Waals surface area contributed by atoms with Gasteiger partial charge in [-0.15, -0.1) is 11.3 Å². The van der Waals surface area contributed by atoms with Gasteiger partial charge in [0, 0.05) is 10.6 Å². The van der Waals surface area contributed by atoms with Crippen LogP contribution in [0.15, 0.2) is 24.3 Å².